The van der Waals surface area contributed by atoms with E-state index in [2.05, 4.69) is 20.3 Å². The lowest BCUT2D eigenvalue weighted by Crippen LogP contribution is -2.23. The van der Waals surface area contributed by atoms with E-state index in [0.717, 1.165) is 23.5 Å². The molecule has 27 heavy (non-hydrogen) atoms. The molecule has 2 aromatic heterocycles. The lowest BCUT2D eigenvalue weighted by Gasteiger charge is -2.07. The Balaban J connectivity index is 1.72. The van der Waals surface area contributed by atoms with Gasteiger partial charge in [-0.3, -0.25) is 9.78 Å². The maximum Gasteiger partial charge on any atom is 0.291 e. The van der Waals surface area contributed by atoms with Crippen molar-refractivity contribution >= 4 is 23.7 Å². The summed E-state index contributed by atoms with van der Waals surface area (Å²) in [4.78, 5) is 24.0. The molecule has 1 aromatic carbocycles. The maximum atomic E-state index is 12.5. The Morgan fingerprint density at radius 1 is 1.11 bits per heavy atom. The summed E-state index contributed by atoms with van der Waals surface area (Å²) in [6.07, 6.45) is 9.08. The first-order chi connectivity index (χ1) is 13.2. The summed E-state index contributed by atoms with van der Waals surface area (Å²) >= 11 is 0. The van der Waals surface area contributed by atoms with Gasteiger partial charge in [-0.25, -0.2) is 4.98 Å². The van der Waals surface area contributed by atoms with Crippen LogP contribution < -0.4 is 20.8 Å². The predicted molar refractivity (Wildman–Crippen MR) is 106 cm³/mol. The van der Waals surface area contributed by atoms with Gasteiger partial charge < -0.3 is 15.0 Å². The molecule has 0 fully saturated rings. The Kier molecular flexibility index (Phi) is 5.99. The van der Waals surface area contributed by atoms with Gasteiger partial charge in [-0.15, -0.1) is 0 Å². The van der Waals surface area contributed by atoms with Gasteiger partial charge in [-0.2, -0.15) is 0 Å². The topological polar surface area (TPSA) is 79.9 Å². The zero-order valence-electron chi connectivity index (χ0n) is 15.4. The number of hydrogen-bond acceptors (Lipinski definition) is 4. The van der Waals surface area contributed by atoms with Crippen molar-refractivity contribution in [2.24, 2.45) is 0 Å². The van der Waals surface area contributed by atoms with Crippen molar-refractivity contribution in [2.45, 2.75) is 26.7 Å². The molecule has 0 aliphatic rings. The first-order valence-corrected chi connectivity index (χ1v) is 8.95. The van der Waals surface area contributed by atoms with Crippen molar-refractivity contribution in [1.29, 1.82) is 0 Å². The summed E-state index contributed by atoms with van der Waals surface area (Å²) < 4.78 is 5.69. The van der Waals surface area contributed by atoms with Crippen LogP contribution in [-0.2, 0) is 0 Å². The first-order valence-electron chi connectivity index (χ1n) is 8.95. The van der Waals surface area contributed by atoms with E-state index in [4.69, 9.17) is 4.74 Å². The highest BCUT2D eigenvalue weighted by atomic mass is 16.5. The third kappa shape index (κ3) is 4.82. The lowest BCUT2D eigenvalue weighted by atomic mass is 10.3. The van der Waals surface area contributed by atoms with E-state index in [1.807, 2.05) is 38.1 Å². The molecule has 6 heteroatoms. The number of rotatable bonds is 6. The van der Waals surface area contributed by atoms with Crippen molar-refractivity contribution in [3.63, 3.8) is 0 Å². The number of anilines is 1. The highest BCUT2D eigenvalue weighted by Crippen LogP contribution is 2.22. The zero-order valence-corrected chi connectivity index (χ0v) is 15.4. The molecule has 3 rings (SSSR count). The Hall–Kier alpha value is -3.41. The second-order valence-corrected chi connectivity index (χ2v) is 5.88. The minimum Gasteiger partial charge on any atom is -0.456 e. The highest BCUT2D eigenvalue weighted by Gasteiger charge is 2.10. The lowest BCUT2D eigenvalue weighted by molar-refractivity contribution is 0.101. The third-order valence-electron chi connectivity index (χ3n) is 3.76. The summed E-state index contributed by atoms with van der Waals surface area (Å²) in [5.74, 6) is 1.34. The average molecular weight is 362 g/mol. The Labute approximate surface area is 157 Å². The van der Waals surface area contributed by atoms with E-state index in [1.54, 1.807) is 36.7 Å². The Bertz CT molecular complexity index is 975. The van der Waals surface area contributed by atoms with E-state index in [1.165, 1.54) is 0 Å². The first kappa shape index (κ1) is 18.4. The minimum atomic E-state index is -0.280. The van der Waals surface area contributed by atoms with Gasteiger partial charge >= 0.3 is 0 Å². The maximum absolute atomic E-state index is 12.5. The van der Waals surface area contributed by atoms with Crippen LogP contribution in [0.1, 0.15) is 37.3 Å². The fraction of sp³-hybridized carbons (Fsp3) is 0.190. The van der Waals surface area contributed by atoms with Crippen LogP contribution >= 0.6 is 0 Å². The number of hydrogen-bond donors (Lipinski definition) is 2. The average Bonchev–Trinajstić information content (AvgIpc) is 3.08. The Morgan fingerprint density at radius 2 is 1.89 bits per heavy atom. The number of nitrogens with zero attached hydrogens (tertiary/aromatic N) is 2. The monoisotopic (exact) mass is 362 g/mol. The molecule has 0 bridgehead atoms. The summed E-state index contributed by atoms with van der Waals surface area (Å²) in [7, 11) is 0. The number of aromatic nitrogens is 3. The summed E-state index contributed by atoms with van der Waals surface area (Å²) in [5, 5.41) is 4.53. The number of pyridine rings is 1. The molecule has 0 saturated carbocycles. The molecule has 2 heterocycles. The number of nitrogens with one attached hydrogen (secondary N) is 2. The second kappa shape index (κ2) is 8.80. The molecule has 0 atom stereocenters. The molecule has 2 N–H and O–H groups in total. The van der Waals surface area contributed by atoms with Gasteiger partial charge in [0.1, 0.15) is 11.5 Å². The number of benzene rings is 1. The number of aromatic amines is 1. The van der Waals surface area contributed by atoms with Crippen LogP contribution in [0.15, 0.2) is 48.8 Å². The predicted octanol–water partition coefficient (Wildman–Crippen LogP) is 3.23. The van der Waals surface area contributed by atoms with Gasteiger partial charge in [-0.05, 0) is 49.2 Å². The number of H-pyrrole nitrogens is 1. The van der Waals surface area contributed by atoms with Crippen LogP contribution in [-0.4, -0.2) is 20.9 Å². The molecule has 0 unspecified atom stereocenters. The fourth-order valence-corrected chi connectivity index (χ4v) is 2.56. The van der Waals surface area contributed by atoms with E-state index >= 15 is 0 Å². The van der Waals surface area contributed by atoms with Crippen LogP contribution in [0.25, 0.3) is 12.2 Å². The molecule has 1 amide bonds. The molecular weight excluding hydrogens is 340 g/mol. The molecule has 0 saturated heterocycles. The second-order valence-electron chi connectivity index (χ2n) is 5.88. The normalized spacial score (nSPS) is 12.2. The van der Waals surface area contributed by atoms with E-state index in [9.17, 15) is 4.79 Å². The van der Waals surface area contributed by atoms with Crippen LogP contribution in [0.3, 0.4) is 0 Å². The van der Waals surface area contributed by atoms with Crippen molar-refractivity contribution in [3.8, 4) is 11.5 Å². The number of carbonyl (C=O) groups excluding carboxylic acids is 1. The van der Waals surface area contributed by atoms with Crippen LogP contribution in [0.4, 0.5) is 5.69 Å². The Morgan fingerprint density at radius 3 is 2.56 bits per heavy atom. The van der Waals surface area contributed by atoms with Crippen LogP contribution in [0.5, 0.6) is 11.5 Å². The van der Waals surface area contributed by atoms with Crippen molar-refractivity contribution < 1.29 is 9.53 Å². The molecule has 6 nitrogen and oxygen atoms in total. The van der Waals surface area contributed by atoms with Crippen molar-refractivity contribution in [1.82, 2.24) is 15.0 Å². The van der Waals surface area contributed by atoms with Gasteiger partial charge in [0.05, 0.1) is 16.9 Å². The van der Waals surface area contributed by atoms with Gasteiger partial charge in [0, 0.05) is 11.9 Å². The van der Waals surface area contributed by atoms with Crippen molar-refractivity contribution in [2.75, 3.05) is 5.32 Å². The zero-order chi connectivity index (χ0) is 19.1. The minimum absolute atomic E-state index is 0.280. The number of carbonyl (C=O) groups is 1. The third-order valence-corrected chi connectivity index (χ3v) is 3.76. The van der Waals surface area contributed by atoms with E-state index in [-0.39, 0.29) is 5.91 Å². The van der Waals surface area contributed by atoms with E-state index in [0.29, 0.717) is 23.0 Å². The molecule has 0 radical (unpaired) electrons. The van der Waals surface area contributed by atoms with Gasteiger partial charge in [0.2, 0.25) is 0 Å². The largest absolute Gasteiger partial charge is 0.456 e. The highest BCUT2D eigenvalue weighted by molar-refractivity contribution is 6.01. The number of amides is 1. The van der Waals surface area contributed by atoms with Crippen molar-refractivity contribution in [3.05, 3.63) is 65.3 Å². The molecule has 0 aliphatic carbocycles. The molecular formula is C21H22N4O2. The number of ether oxygens (including phenoxy) is 1. The number of imidazole rings is 1. The van der Waals surface area contributed by atoms with Gasteiger partial charge in [0.15, 0.2) is 5.82 Å². The SMILES string of the molecule is CC/C=c1/nc(C(=O)Nc2ccc(Oc3cccnc3)cc2)[nH]/c1=C/CC. The van der Waals surface area contributed by atoms with Crippen LogP contribution in [0, 0.1) is 0 Å². The summed E-state index contributed by atoms with van der Waals surface area (Å²) in [6, 6.07) is 10.8. The van der Waals surface area contributed by atoms with Gasteiger partial charge in [0.25, 0.3) is 5.91 Å². The standard InChI is InChI=1S/C21H22N4O2/c1-3-6-18-19(7-4-2)25-20(24-18)21(26)23-15-9-11-16(12-10-15)27-17-8-5-13-22-14-17/h5-14H,3-4H2,1-2H3,(H,23,26)(H,24,25)/b18-6+,19-7+. The molecule has 3 aromatic rings. The fourth-order valence-electron chi connectivity index (χ4n) is 2.56. The smallest absolute Gasteiger partial charge is 0.291 e. The molecule has 0 aliphatic heterocycles. The molecule has 138 valence electrons. The summed E-state index contributed by atoms with van der Waals surface area (Å²) in [6.45, 7) is 4.09. The van der Waals surface area contributed by atoms with Crippen LogP contribution in [0.2, 0.25) is 0 Å². The quantitative estimate of drug-likeness (QED) is 0.705. The summed E-state index contributed by atoms with van der Waals surface area (Å²) in [5.41, 5.74) is 0.664. The van der Waals surface area contributed by atoms with Gasteiger partial charge in [-0.1, -0.05) is 26.0 Å². The van der Waals surface area contributed by atoms with E-state index < -0.39 is 0 Å². The molecule has 0 spiro atoms.